The summed E-state index contributed by atoms with van der Waals surface area (Å²) in [6.45, 7) is 2.06. The molecule has 0 spiro atoms. The van der Waals surface area contributed by atoms with Gasteiger partial charge < -0.3 is 9.73 Å². The van der Waals surface area contributed by atoms with Crippen LogP contribution in [0.5, 0.6) is 0 Å². The third kappa shape index (κ3) is 3.93. The molecule has 0 saturated carbocycles. The molecule has 4 aromatic rings. The van der Waals surface area contributed by atoms with Crippen LogP contribution in [-0.2, 0) is 0 Å². The molecule has 1 N–H and O–H groups in total. The summed E-state index contributed by atoms with van der Waals surface area (Å²) in [6, 6.07) is 25.8. The van der Waals surface area contributed by atoms with E-state index >= 15 is 0 Å². The van der Waals surface area contributed by atoms with Crippen molar-refractivity contribution in [2.75, 3.05) is 5.32 Å². The van der Waals surface area contributed by atoms with Crippen molar-refractivity contribution in [1.82, 2.24) is 10.2 Å². The Balaban J connectivity index is 1.70. The molecular weight excluding hydrogens is 402 g/mol. The molecular formula is C22H18BrN3O. The Morgan fingerprint density at radius 1 is 0.889 bits per heavy atom. The van der Waals surface area contributed by atoms with Crippen molar-refractivity contribution in [1.29, 1.82) is 0 Å². The maximum atomic E-state index is 6.02. The van der Waals surface area contributed by atoms with E-state index in [-0.39, 0.29) is 6.04 Å². The molecule has 0 amide bonds. The third-order valence-electron chi connectivity index (χ3n) is 4.31. The van der Waals surface area contributed by atoms with Gasteiger partial charge in [0, 0.05) is 15.7 Å². The predicted octanol–water partition coefficient (Wildman–Crippen LogP) is 6.01. The molecule has 0 fully saturated rings. The zero-order valence-corrected chi connectivity index (χ0v) is 16.3. The maximum Gasteiger partial charge on any atom is 0.247 e. The van der Waals surface area contributed by atoms with Gasteiger partial charge >= 0.3 is 0 Å². The number of hydrogen-bond donors (Lipinski definition) is 1. The monoisotopic (exact) mass is 419 g/mol. The molecule has 0 aliphatic rings. The lowest BCUT2D eigenvalue weighted by molar-refractivity contribution is 0.494. The van der Waals surface area contributed by atoms with Gasteiger partial charge in [0.15, 0.2) is 0 Å². The Kier molecular flexibility index (Phi) is 5.03. The van der Waals surface area contributed by atoms with Crippen molar-refractivity contribution >= 4 is 21.6 Å². The number of benzene rings is 3. The van der Waals surface area contributed by atoms with Crippen LogP contribution in [0.2, 0.25) is 0 Å². The van der Waals surface area contributed by atoms with Gasteiger partial charge in [-0.3, -0.25) is 0 Å². The van der Waals surface area contributed by atoms with Crippen LogP contribution in [0.25, 0.3) is 11.5 Å². The van der Waals surface area contributed by atoms with Crippen molar-refractivity contribution in [2.45, 2.75) is 13.0 Å². The number of rotatable bonds is 5. The molecule has 134 valence electrons. The van der Waals surface area contributed by atoms with Crippen LogP contribution >= 0.6 is 15.9 Å². The van der Waals surface area contributed by atoms with Crippen LogP contribution in [0.3, 0.4) is 0 Å². The topological polar surface area (TPSA) is 51.0 Å². The Bertz CT molecular complexity index is 1030. The van der Waals surface area contributed by atoms with E-state index in [9.17, 15) is 0 Å². The third-order valence-corrected chi connectivity index (χ3v) is 5.20. The number of aromatic nitrogens is 2. The molecule has 5 heteroatoms. The molecule has 1 heterocycles. The van der Waals surface area contributed by atoms with E-state index in [1.54, 1.807) is 0 Å². The molecule has 1 atom stereocenters. The quantitative estimate of drug-likeness (QED) is 0.430. The van der Waals surface area contributed by atoms with Gasteiger partial charge in [-0.15, -0.1) is 10.2 Å². The average Bonchev–Trinajstić information content (AvgIpc) is 3.20. The first kappa shape index (κ1) is 17.5. The minimum absolute atomic E-state index is 0.239. The Morgan fingerprint density at radius 2 is 1.59 bits per heavy atom. The first-order chi connectivity index (χ1) is 13.2. The summed E-state index contributed by atoms with van der Waals surface area (Å²) in [4.78, 5) is 0. The number of anilines is 1. The van der Waals surface area contributed by atoms with E-state index < -0.39 is 0 Å². The van der Waals surface area contributed by atoms with Gasteiger partial charge in [0.2, 0.25) is 11.8 Å². The highest BCUT2D eigenvalue weighted by molar-refractivity contribution is 9.10. The van der Waals surface area contributed by atoms with Crippen LogP contribution in [0, 0.1) is 6.92 Å². The summed E-state index contributed by atoms with van der Waals surface area (Å²) < 4.78 is 7.10. The van der Waals surface area contributed by atoms with E-state index in [1.807, 2.05) is 60.7 Å². The van der Waals surface area contributed by atoms with Crippen LogP contribution in [0.4, 0.5) is 5.69 Å². The highest BCUT2D eigenvalue weighted by atomic mass is 79.9. The summed E-state index contributed by atoms with van der Waals surface area (Å²) in [7, 11) is 0. The first-order valence-electron chi connectivity index (χ1n) is 8.67. The van der Waals surface area contributed by atoms with Crippen LogP contribution in [0.15, 0.2) is 87.8 Å². The van der Waals surface area contributed by atoms with E-state index in [2.05, 4.69) is 56.6 Å². The lowest BCUT2D eigenvalue weighted by Crippen LogP contribution is -2.13. The first-order valence-corrected chi connectivity index (χ1v) is 9.46. The number of aryl methyl sites for hydroxylation is 1. The number of nitrogens with zero attached hydrogens (tertiary/aromatic N) is 2. The van der Waals surface area contributed by atoms with Crippen LogP contribution in [-0.4, -0.2) is 10.2 Å². The molecule has 0 bridgehead atoms. The van der Waals surface area contributed by atoms with Gasteiger partial charge in [-0.25, -0.2) is 0 Å². The van der Waals surface area contributed by atoms with Crippen molar-refractivity contribution in [3.63, 3.8) is 0 Å². The molecule has 1 unspecified atom stereocenters. The Labute approximate surface area is 166 Å². The Morgan fingerprint density at radius 3 is 2.30 bits per heavy atom. The Hall–Kier alpha value is -2.92. The summed E-state index contributed by atoms with van der Waals surface area (Å²) in [6.07, 6.45) is 0. The highest BCUT2D eigenvalue weighted by Gasteiger charge is 2.21. The SMILES string of the molecule is Cc1cc(NC(c2ccccc2)c2nnc(-c3ccccc3)o2)ccc1Br. The molecule has 0 saturated heterocycles. The fourth-order valence-electron chi connectivity index (χ4n) is 2.88. The lowest BCUT2D eigenvalue weighted by atomic mass is 10.1. The summed E-state index contributed by atoms with van der Waals surface area (Å²) in [5, 5.41) is 12.1. The zero-order chi connectivity index (χ0) is 18.6. The van der Waals surface area contributed by atoms with Gasteiger partial charge in [0.1, 0.15) is 6.04 Å². The molecule has 4 nitrogen and oxygen atoms in total. The van der Waals surface area contributed by atoms with Gasteiger partial charge in [-0.2, -0.15) is 0 Å². The van der Waals surface area contributed by atoms with Gasteiger partial charge in [0.25, 0.3) is 0 Å². The maximum absolute atomic E-state index is 6.02. The number of hydrogen-bond acceptors (Lipinski definition) is 4. The highest BCUT2D eigenvalue weighted by Crippen LogP contribution is 2.29. The van der Waals surface area contributed by atoms with Crippen LogP contribution in [0.1, 0.15) is 23.1 Å². The van der Waals surface area contributed by atoms with E-state index in [1.165, 1.54) is 0 Å². The predicted molar refractivity (Wildman–Crippen MR) is 111 cm³/mol. The zero-order valence-electron chi connectivity index (χ0n) is 14.8. The smallest absolute Gasteiger partial charge is 0.247 e. The second kappa shape index (κ2) is 7.76. The standard InChI is InChI=1S/C22H18BrN3O/c1-15-14-18(12-13-19(15)23)24-20(16-8-4-2-5-9-16)22-26-25-21(27-22)17-10-6-3-7-11-17/h2-14,20,24H,1H3. The van der Waals surface area contributed by atoms with Crippen molar-refractivity contribution in [3.8, 4) is 11.5 Å². The minimum Gasteiger partial charge on any atom is -0.418 e. The minimum atomic E-state index is -0.239. The number of halogens is 1. The van der Waals surface area contributed by atoms with E-state index in [0.29, 0.717) is 11.8 Å². The van der Waals surface area contributed by atoms with Crippen molar-refractivity contribution in [2.24, 2.45) is 0 Å². The summed E-state index contributed by atoms with van der Waals surface area (Å²) >= 11 is 3.55. The average molecular weight is 420 g/mol. The molecule has 3 aromatic carbocycles. The fraction of sp³-hybridized carbons (Fsp3) is 0.0909. The van der Waals surface area contributed by atoms with Gasteiger partial charge in [-0.05, 0) is 48.4 Å². The van der Waals surface area contributed by atoms with Crippen molar-refractivity contribution in [3.05, 3.63) is 100 Å². The fourth-order valence-corrected chi connectivity index (χ4v) is 3.13. The number of nitrogens with one attached hydrogen (secondary N) is 1. The van der Waals surface area contributed by atoms with Crippen LogP contribution < -0.4 is 5.32 Å². The lowest BCUT2D eigenvalue weighted by Gasteiger charge is -2.17. The molecule has 4 rings (SSSR count). The molecule has 0 aliphatic carbocycles. The van der Waals surface area contributed by atoms with Gasteiger partial charge in [-0.1, -0.05) is 64.5 Å². The second-order valence-corrected chi connectivity index (χ2v) is 7.12. The summed E-state index contributed by atoms with van der Waals surface area (Å²) in [5.74, 6) is 1.04. The molecule has 1 aromatic heterocycles. The normalized spacial score (nSPS) is 11.9. The molecule has 0 aliphatic heterocycles. The van der Waals surface area contributed by atoms with Gasteiger partial charge in [0.05, 0.1) is 0 Å². The van der Waals surface area contributed by atoms with E-state index in [4.69, 9.17) is 4.42 Å². The van der Waals surface area contributed by atoms with E-state index in [0.717, 1.165) is 26.9 Å². The van der Waals surface area contributed by atoms with Crippen molar-refractivity contribution < 1.29 is 4.42 Å². The second-order valence-electron chi connectivity index (χ2n) is 6.26. The molecule has 27 heavy (non-hydrogen) atoms. The largest absolute Gasteiger partial charge is 0.418 e. The summed E-state index contributed by atoms with van der Waals surface area (Å²) in [5.41, 5.74) is 4.11. The molecule has 0 radical (unpaired) electrons.